The van der Waals surface area contributed by atoms with Gasteiger partial charge in [-0.25, -0.2) is 0 Å². The van der Waals surface area contributed by atoms with Crippen molar-refractivity contribution in [3.05, 3.63) is 6.04 Å². The normalized spacial score (nSPS) is 12.0. The van der Waals surface area contributed by atoms with Crippen LogP contribution >= 0.6 is 0 Å². The van der Waals surface area contributed by atoms with Crippen molar-refractivity contribution in [3.8, 4) is 0 Å². The van der Waals surface area contributed by atoms with Crippen LogP contribution in [-0.2, 0) is 13.3 Å². The van der Waals surface area contributed by atoms with Crippen molar-refractivity contribution >= 4 is 8.80 Å². The first-order valence-corrected chi connectivity index (χ1v) is 6.54. The van der Waals surface area contributed by atoms with Crippen molar-refractivity contribution in [1.82, 2.24) is 0 Å². The van der Waals surface area contributed by atoms with E-state index in [-0.39, 0.29) is 0 Å². The molecule has 0 aliphatic rings. The molecule has 0 amide bonds. The highest BCUT2D eigenvalue weighted by Gasteiger charge is 2.37. The smallest absolute Gasteiger partial charge is 0.377 e. The quantitative estimate of drug-likeness (QED) is 0.449. The standard InChI is InChI=1S/C9H21O3Si/c1-5-6-7-8-9-13(10-2,11-3)12-4/h9H,5-8H2,1-4H3. The lowest BCUT2D eigenvalue weighted by Gasteiger charge is -2.23. The summed E-state index contributed by atoms with van der Waals surface area (Å²) in [6.07, 6.45) is 4.67. The van der Waals surface area contributed by atoms with Gasteiger partial charge in [-0.1, -0.05) is 26.2 Å². The summed E-state index contributed by atoms with van der Waals surface area (Å²) in [5.74, 6) is 0. The largest absolute Gasteiger partial charge is 0.503 e. The SMILES string of the molecule is CCCCC[CH][Si](OC)(OC)OC. The number of rotatable bonds is 8. The Morgan fingerprint density at radius 1 is 1.00 bits per heavy atom. The second kappa shape index (κ2) is 7.50. The number of unbranched alkanes of at least 4 members (excludes halogenated alkanes) is 3. The molecule has 0 aromatic heterocycles. The molecule has 0 aromatic carbocycles. The Bertz CT molecular complexity index is 107. The Balaban J connectivity index is 3.68. The van der Waals surface area contributed by atoms with E-state index in [0.717, 1.165) is 6.42 Å². The topological polar surface area (TPSA) is 27.7 Å². The average Bonchev–Trinajstić information content (AvgIpc) is 2.20. The number of hydrogen-bond acceptors (Lipinski definition) is 3. The summed E-state index contributed by atoms with van der Waals surface area (Å²) in [6, 6.07) is 2.06. The lowest BCUT2D eigenvalue weighted by Crippen LogP contribution is -2.43. The van der Waals surface area contributed by atoms with Gasteiger partial charge >= 0.3 is 8.80 Å². The highest BCUT2D eigenvalue weighted by atomic mass is 28.4. The van der Waals surface area contributed by atoms with Crippen LogP contribution in [-0.4, -0.2) is 30.1 Å². The number of hydrogen-bond donors (Lipinski definition) is 0. The zero-order valence-corrected chi connectivity index (χ0v) is 10.1. The van der Waals surface area contributed by atoms with Crippen LogP contribution in [0.1, 0.15) is 32.6 Å². The third-order valence-corrected chi connectivity index (χ3v) is 4.55. The van der Waals surface area contributed by atoms with Gasteiger partial charge < -0.3 is 13.3 Å². The zero-order valence-electron chi connectivity index (χ0n) is 9.13. The van der Waals surface area contributed by atoms with E-state index in [1.54, 1.807) is 21.3 Å². The molecule has 0 atom stereocenters. The first kappa shape index (κ1) is 13.1. The average molecular weight is 205 g/mol. The third-order valence-electron chi connectivity index (χ3n) is 2.06. The molecular formula is C9H21O3Si. The fraction of sp³-hybridized carbons (Fsp3) is 0.889. The minimum absolute atomic E-state index is 1.01. The second-order valence-electron chi connectivity index (χ2n) is 2.92. The van der Waals surface area contributed by atoms with Gasteiger partial charge in [0.2, 0.25) is 0 Å². The highest BCUT2D eigenvalue weighted by molar-refractivity contribution is 6.64. The molecule has 4 heteroatoms. The molecule has 79 valence electrons. The van der Waals surface area contributed by atoms with E-state index < -0.39 is 8.80 Å². The summed E-state index contributed by atoms with van der Waals surface area (Å²) in [5, 5.41) is 0. The van der Waals surface area contributed by atoms with Crippen molar-refractivity contribution in [2.24, 2.45) is 0 Å². The van der Waals surface area contributed by atoms with Crippen LogP contribution in [0.5, 0.6) is 0 Å². The van der Waals surface area contributed by atoms with Gasteiger partial charge in [0.1, 0.15) is 0 Å². The van der Waals surface area contributed by atoms with Gasteiger partial charge in [0, 0.05) is 27.4 Å². The van der Waals surface area contributed by atoms with Crippen molar-refractivity contribution in [1.29, 1.82) is 0 Å². The minimum atomic E-state index is -2.39. The monoisotopic (exact) mass is 205 g/mol. The van der Waals surface area contributed by atoms with Crippen molar-refractivity contribution < 1.29 is 13.3 Å². The summed E-state index contributed by atoms with van der Waals surface area (Å²) < 4.78 is 15.8. The Hall–Kier alpha value is 0.0969. The Morgan fingerprint density at radius 2 is 1.54 bits per heavy atom. The van der Waals surface area contributed by atoms with E-state index in [4.69, 9.17) is 13.3 Å². The predicted molar refractivity (Wildman–Crippen MR) is 55.2 cm³/mol. The molecule has 0 spiro atoms. The zero-order chi connectivity index (χ0) is 10.2. The maximum Gasteiger partial charge on any atom is 0.503 e. The summed E-state index contributed by atoms with van der Waals surface area (Å²) in [6.45, 7) is 2.19. The second-order valence-corrected chi connectivity index (χ2v) is 5.76. The molecule has 0 aromatic rings. The lowest BCUT2D eigenvalue weighted by atomic mass is 10.2. The molecule has 0 saturated carbocycles. The van der Waals surface area contributed by atoms with Crippen molar-refractivity contribution in [2.75, 3.05) is 21.3 Å². The van der Waals surface area contributed by atoms with Crippen LogP contribution in [0, 0.1) is 6.04 Å². The molecule has 0 aliphatic carbocycles. The van der Waals surface area contributed by atoms with Crippen LogP contribution < -0.4 is 0 Å². The maximum atomic E-state index is 5.26. The Kier molecular flexibility index (Phi) is 7.55. The van der Waals surface area contributed by atoms with Gasteiger partial charge in [-0.3, -0.25) is 0 Å². The summed E-state index contributed by atoms with van der Waals surface area (Å²) >= 11 is 0. The molecule has 0 heterocycles. The Morgan fingerprint density at radius 3 is 1.92 bits per heavy atom. The molecule has 1 radical (unpaired) electrons. The van der Waals surface area contributed by atoms with Gasteiger partial charge in [0.25, 0.3) is 0 Å². The molecule has 0 bridgehead atoms. The van der Waals surface area contributed by atoms with E-state index >= 15 is 0 Å². The van der Waals surface area contributed by atoms with Gasteiger partial charge in [-0.15, -0.1) is 0 Å². The molecular weight excluding hydrogens is 184 g/mol. The highest BCUT2D eigenvalue weighted by Crippen LogP contribution is 2.14. The molecule has 0 fully saturated rings. The predicted octanol–water partition coefficient (Wildman–Crippen LogP) is 2.19. The molecule has 0 rings (SSSR count). The lowest BCUT2D eigenvalue weighted by molar-refractivity contribution is 0.132. The van der Waals surface area contributed by atoms with Crippen LogP contribution in [0.4, 0.5) is 0 Å². The van der Waals surface area contributed by atoms with Crippen molar-refractivity contribution in [3.63, 3.8) is 0 Å². The Labute approximate surface area is 82.8 Å². The van der Waals surface area contributed by atoms with Gasteiger partial charge in [0.05, 0.1) is 0 Å². The van der Waals surface area contributed by atoms with Crippen molar-refractivity contribution in [2.45, 2.75) is 32.6 Å². The molecule has 0 aliphatic heterocycles. The van der Waals surface area contributed by atoms with Crippen LogP contribution in [0.25, 0.3) is 0 Å². The molecule has 0 saturated heterocycles. The first-order chi connectivity index (χ1) is 6.24. The van der Waals surface area contributed by atoms with Crippen LogP contribution in [0.15, 0.2) is 0 Å². The molecule has 0 N–H and O–H groups in total. The molecule has 3 nitrogen and oxygen atoms in total. The minimum Gasteiger partial charge on any atom is -0.377 e. The molecule has 13 heavy (non-hydrogen) atoms. The van der Waals surface area contributed by atoms with Gasteiger partial charge in [-0.2, -0.15) is 0 Å². The fourth-order valence-corrected chi connectivity index (χ4v) is 2.73. The van der Waals surface area contributed by atoms with E-state index in [1.807, 2.05) is 0 Å². The fourth-order valence-electron chi connectivity index (χ4n) is 1.17. The van der Waals surface area contributed by atoms with Crippen LogP contribution in [0.2, 0.25) is 0 Å². The maximum absolute atomic E-state index is 5.26. The van der Waals surface area contributed by atoms with E-state index in [2.05, 4.69) is 13.0 Å². The molecule has 0 unspecified atom stereocenters. The summed E-state index contributed by atoms with van der Waals surface area (Å²) in [7, 11) is 2.51. The summed E-state index contributed by atoms with van der Waals surface area (Å²) in [4.78, 5) is 0. The van der Waals surface area contributed by atoms with Gasteiger partial charge in [-0.05, 0) is 6.42 Å². The van der Waals surface area contributed by atoms with Gasteiger partial charge in [0.15, 0.2) is 0 Å². The third kappa shape index (κ3) is 4.76. The summed E-state index contributed by atoms with van der Waals surface area (Å²) in [5.41, 5.74) is 0. The van der Waals surface area contributed by atoms with E-state index in [1.165, 1.54) is 19.3 Å². The van der Waals surface area contributed by atoms with E-state index in [9.17, 15) is 0 Å². The van der Waals surface area contributed by atoms with E-state index in [0.29, 0.717) is 0 Å². The first-order valence-electron chi connectivity index (χ1n) is 4.74. The van der Waals surface area contributed by atoms with Crippen LogP contribution in [0.3, 0.4) is 0 Å².